The zero-order chi connectivity index (χ0) is 14.8. The third-order valence-corrected chi connectivity index (χ3v) is 3.71. The second kappa shape index (κ2) is 5.37. The second-order valence-electron chi connectivity index (χ2n) is 5.15. The molecule has 106 valence electrons. The van der Waals surface area contributed by atoms with Crippen molar-refractivity contribution in [1.29, 1.82) is 0 Å². The molecule has 0 fully saturated rings. The predicted octanol–water partition coefficient (Wildman–Crippen LogP) is 2.36. The second-order valence-corrected chi connectivity index (χ2v) is 5.15. The highest BCUT2D eigenvalue weighted by molar-refractivity contribution is 5.85. The van der Waals surface area contributed by atoms with Crippen molar-refractivity contribution < 1.29 is 4.57 Å². The van der Waals surface area contributed by atoms with Crippen molar-refractivity contribution >= 4 is 10.8 Å². The molecule has 2 aromatic heterocycles. The topological polar surface area (TPSA) is 58.3 Å². The summed E-state index contributed by atoms with van der Waals surface area (Å²) in [5.74, 6) is 0.673. The van der Waals surface area contributed by atoms with Crippen LogP contribution < -0.4 is 4.57 Å². The molecule has 0 aliphatic heterocycles. The molecule has 0 bridgehead atoms. The van der Waals surface area contributed by atoms with E-state index in [9.17, 15) is 0 Å². The Bertz CT molecular complexity index is 910. The zero-order valence-electron chi connectivity index (χ0n) is 11.8. The fourth-order valence-electron chi connectivity index (χ4n) is 2.67. The maximum absolute atomic E-state index is 3.95. The first-order valence-corrected chi connectivity index (χ1v) is 7.10. The SMILES string of the molecule is c1ccc2c(C[n+]3cccc(-c4nnn[nH]4)c3)cccc2c1. The van der Waals surface area contributed by atoms with Crippen molar-refractivity contribution in [3.05, 3.63) is 72.6 Å². The first kappa shape index (κ1) is 12.6. The lowest BCUT2D eigenvalue weighted by Crippen LogP contribution is -2.33. The van der Waals surface area contributed by atoms with E-state index < -0.39 is 0 Å². The number of hydrogen-bond acceptors (Lipinski definition) is 3. The van der Waals surface area contributed by atoms with Gasteiger partial charge in [0.1, 0.15) is 0 Å². The molecule has 2 aromatic carbocycles. The van der Waals surface area contributed by atoms with E-state index in [1.54, 1.807) is 0 Å². The van der Waals surface area contributed by atoms with Gasteiger partial charge in [0.15, 0.2) is 24.8 Å². The smallest absolute Gasteiger partial charge is 0.185 e. The van der Waals surface area contributed by atoms with E-state index >= 15 is 0 Å². The lowest BCUT2D eigenvalue weighted by atomic mass is 10.0. The number of benzene rings is 2. The van der Waals surface area contributed by atoms with Gasteiger partial charge in [-0.25, -0.2) is 9.67 Å². The Hall–Kier alpha value is -3.08. The summed E-state index contributed by atoms with van der Waals surface area (Å²) in [5.41, 5.74) is 2.25. The van der Waals surface area contributed by atoms with E-state index in [1.807, 2.05) is 18.3 Å². The number of tetrazole rings is 1. The summed E-state index contributed by atoms with van der Waals surface area (Å²) >= 11 is 0. The fraction of sp³-hybridized carbons (Fsp3) is 0.0588. The average molecular weight is 288 g/mol. The molecule has 0 aliphatic carbocycles. The van der Waals surface area contributed by atoms with Gasteiger partial charge in [-0.05, 0) is 27.3 Å². The third-order valence-electron chi connectivity index (χ3n) is 3.71. The molecule has 22 heavy (non-hydrogen) atoms. The molecule has 0 spiro atoms. The van der Waals surface area contributed by atoms with Gasteiger partial charge in [-0.3, -0.25) is 0 Å². The Morgan fingerprint density at radius 1 is 0.955 bits per heavy atom. The van der Waals surface area contributed by atoms with Crippen LogP contribution in [0.3, 0.4) is 0 Å². The van der Waals surface area contributed by atoms with Gasteiger partial charge >= 0.3 is 0 Å². The minimum absolute atomic E-state index is 0.673. The molecule has 0 radical (unpaired) electrons. The number of H-pyrrole nitrogens is 1. The standard InChI is InChI=1S/C17H14N5/c1-2-9-16-13(5-1)6-3-7-14(16)11-22-10-4-8-15(12-22)17-18-20-21-19-17/h1-10,12H,11H2,(H,18,19,20,21)/q+1. The van der Waals surface area contributed by atoms with Crippen LogP contribution in [-0.2, 0) is 6.54 Å². The highest BCUT2D eigenvalue weighted by Crippen LogP contribution is 2.18. The summed E-state index contributed by atoms with van der Waals surface area (Å²) in [6, 6.07) is 18.8. The molecule has 2 heterocycles. The molecule has 5 heteroatoms. The Labute approximate surface area is 127 Å². The molecule has 4 rings (SSSR count). The largest absolute Gasteiger partial charge is 0.239 e. The molecule has 0 amide bonds. The van der Waals surface area contributed by atoms with Crippen LogP contribution in [0.1, 0.15) is 5.56 Å². The van der Waals surface area contributed by atoms with Crippen molar-refractivity contribution in [1.82, 2.24) is 20.6 Å². The maximum Gasteiger partial charge on any atom is 0.185 e. The van der Waals surface area contributed by atoms with Crippen LogP contribution in [0.5, 0.6) is 0 Å². The number of aromatic nitrogens is 5. The zero-order valence-corrected chi connectivity index (χ0v) is 11.8. The van der Waals surface area contributed by atoms with Gasteiger partial charge in [0, 0.05) is 11.6 Å². The van der Waals surface area contributed by atoms with E-state index in [4.69, 9.17) is 0 Å². The molecule has 5 nitrogen and oxygen atoms in total. The van der Waals surface area contributed by atoms with Crippen LogP contribution in [0.25, 0.3) is 22.2 Å². The quantitative estimate of drug-likeness (QED) is 0.589. The Morgan fingerprint density at radius 2 is 1.86 bits per heavy atom. The van der Waals surface area contributed by atoms with Gasteiger partial charge in [0.2, 0.25) is 0 Å². The summed E-state index contributed by atoms with van der Waals surface area (Å²) in [5, 5.41) is 16.5. The first-order valence-electron chi connectivity index (χ1n) is 7.10. The van der Waals surface area contributed by atoms with Crippen LogP contribution >= 0.6 is 0 Å². The molecule has 1 N–H and O–H groups in total. The number of rotatable bonds is 3. The van der Waals surface area contributed by atoms with Gasteiger partial charge in [-0.1, -0.05) is 42.5 Å². The third kappa shape index (κ3) is 2.33. The Morgan fingerprint density at radius 3 is 2.77 bits per heavy atom. The lowest BCUT2D eigenvalue weighted by molar-refractivity contribution is -0.687. The number of fused-ring (bicyclic) bond motifs is 1. The number of hydrogen-bond donors (Lipinski definition) is 1. The monoisotopic (exact) mass is 288 g/mol. The molecule has 0 aliphatic rings. The summed E-state index contributed by atoms with van der Waals surface area (Å²) in [6.45, 7) is 0.802. The van der Waals surface area contributed by atoms with E-state index in [0.717, 1.165) is 12.1 Å². The van der Waals surface area contributed by atoms with E-state index in [1.165, 1.54) is 16.3 Å². The molecule has 0 saturated heterocycles. The molecule has 0 atom stereocenters. The normalized spacial score (nSPS) is 10.9. The number of nitrogens with one attached hydrogen (secondary N) is 1. The first-order chi connectivity index (χ1) is 10.9. The van der Waals surface area contributed by atoms with E-state index in [2.05, 4.69) is 73.9 Å². The highest BCUT2D eigenvalue weighted by atomic mass is 15.5. The van der Waals surface area contributed by atoms with Gasteiger partial charge in [0.25, 0.3) is 0 Å². The summed E-state index contributed by atoms with van der Waals surface area (Å²) in [6.07, 6.45) is 4.10. The summed E-state index contributed by atoms with van der Waals surface area (Å²) in [7, 11) is 0. The lowest BCUT2D eigenvalue weighted by Gasteiger charge is -2.04. The van der Waals surface area contributed by atoms with Crippen molar-refractivity contribution in [2.75, 3.05) is 0 Å². The Balaban J connectivity index is 1.73. The van der Waals surface area contributed by atoms with E-state index in [-0.39, 0.29) is 0 Å². The average Bonchev–Trinajstić information content (AvgIpc) is 3.10. The fourth-order valence-corrected chi connectivity index (χ4v) is 2.67. The van der Waals surface area contributed by atoms with Gasteiger partial charge < -0.3 is 0 Å². The predicted molar refractivity (Wildman–Crippen MR) is 82.9 cm³/mol. The van der Waals surface area contributed by atoms with Crippen molar-refractivity contribution in [3.8, 4) is 11.4 Å². The molecule has 4 aromatic rings. The highest BCUT2D eigenvalue weighted by Gasteiger charge is 2.10. The van der Waals surface area contributed by atoms with Gasteiger partial charge in [0.05, 0.1) is 5.56 Å². The van der Waals surface area contributed by atoms with Crippen LogP contribution in [0.15, 0.2) is 67.0 Å². The molecular formula is C17H14N5+. The van der Waals surface area contributed by atoms with Crippen LogP contribution in [0.2, 0.25) is 0 Å². The van der Waals surface area contributed by atoms with Crippen LogP contribution in [-0.4, -0.2) is 20.6 Å². The number of nitrogens with zero attached hydrogens (tertiary/aromatic N) is 4. The van der Waals surface area contributed by atoms with Crippen molar-refractivity contribution in [2.24, 2.45) is 0 Å². The van der Waals surface area contributed by atoms with E-state index in [0.29, 0.717) is 5.82 Å². The Kier molecular flexibility index (Phi) is 3.08. The molecular weight excluding hydrogens is 274 g/mol. The van der Waals surface area contributed by atoms with Crippen molar-refractivity contribution in [2.45, 2.75) is 6.54 Å². The number of aromatic amines is 1. The van der Waals surface area contributed by atoms with Crippen LogP contribution in [0.4, 0.5) is 0 Å². The number of pyridine rings is 1. The minimum atomic E-state index is 0.673. The van der Waals surface area contributed by atoms with Crippen LogP contribution in [0, 0.1) is 0 Å². The maximum atomic E-state index is 3.95. The summed E-state index contributed by atoms with van der Waals surface area (Å²) < 4.78 is 2.14. The molecule has 0 unspecified atom stereocenters. The minimum Gasteiger partial charge on any atom is -0.239 e. The molecule has 0 saturated carbocycles. The summed E-state index contributed by atoms with van der Waals surface area (Å²) in [4.78, 5) is 0. The van der Waals surface area contributed by atoms with Gasteiger partial charge in [-0.15, -0.1) is 5.10 Å². The van der Waals surface area contributed by atoms with Gasteiger partial charge in [-0.2, -0.15) is 0 Å². The van der Waals surface area contributed by atoms with Crippen molar-refractivity contribution in [3.63, 3.8) is 0 Å².